The van der Waals surface area contributed by atoms with Crippen molar-refractivity contribution in [3.63, 3.8) is 0 Å². The summed E-state index contributed by atoms with van der Waals surface area (Å²) in [5, 5.41) is 3.10. The van der Waals surface area contributed by atoms with Crippen LogP contribution in [0.4, 0.5) is 4.79 Å². The Morgan fingerprint density at radius 1 is 1.09 bits per heavy atom. The Morgan fingerprint density at radius 2 is 1.81 bits per heavy atom. The van der Waals surface area contributed by atoms with Gasteiger partial charge < -0.3 is 19.9 Å². The van der Waals surface area contributed by atoms with Crippen molar-refractivity contribution in [3.8, 4) is 0 Å². The molecule has 2 amide bonds. The first kappa shape index (κ1) is 23.5. The number of hydrogen-bond donors (Lipinski definition) is 1. The first-order chi connectivity index (χ1) is 15.5. The molecule has 6 nitrogen and oxygen atoms in total. The number of piperazine rings is 1. The Morgan fingerprint density at radius 3 is 2.50 bits per heavy atom. The van der Waals surface area contributed by atoms with E-state index in [0.29, 0.717) is 12.6 Å². The molecule has 3 fully saturated rings. The number of benzene rings is 1. The molecule has 6 heteroatoms. The number of urea groups is 1. The lowest BCUT2D eigenvalue weighted by Crippen LogP contribution is -2.58. The van der Waals surface area contributed by atoms with Gasteiger partial charge >= 0.3 is 6.03 Å². The second-order valence-corrected chi connectivity index (χ2v) is 10.4. The van der Waals surface area contributed by atoms with Crippen LogP contribution in [0.2, 0.25) is 0 Å². The normalized spacial score (nSPS) is 24.7. The highest BCUT2D eigenvalue weighted by Gasteiger charge is 2.42. The minimum absolute atomic E-state index is 0.0290. The van der Waals surface area contributed by atoms with Gasteiger partial charge in [-0.25, -0.2) is 4.79 Å². The van der Waals surface area contributed by atoms with Crippen molar-refractivity contribution in [2.75, 3.05) is 59.0 Å². The van der Waals surface area contributed by atoms with E-state index in [1.807, 2.05) is 23.1 Å². The fourth-order valence-corrected chi connectivity index (χ4v) is 5.68. The average molecular weight is 443 g/mol. The zero-order chi connectivity index (χ0) is 22.4. The van der Waals surface area contributed by atoms with Crippen LogP contribution < -0.4 is 5.32 Å². The zero-order valence-corrected chi connectivity index (χ0v) is 20.1. The third-order valence-corrected chi connectivity index (χ3v) is 7.51. The van der Waals surface area contributed by atoms with Gasteiger partial charge in [0.05, 0.1) is 5.60 Å². The van der Waals surface area contributed by atoms with Crippen molar-refractivity contribution < 1.29 is 9.53 Å². The summed E-state index contributed by atoms with van der Waals surface area (Å²) in [6.45, 7) is 13.7. The lowest BCUT2D eigenvalue weighted by Gasteiger charge is -2.49. The SMILES string of the molecule is CC(C)CN1CCN(C2CCOC3(CCN(C(=O)NCCc4ccccc4)CC3)C2)CC1. The van der Waals surface area contributed by atoms with E-state index in [9.17, 15) is 4.79 Å². The number of nitrogens with one attached hydrogen (secondary N) is 1. The molecule has 1 N–H and O–H groups in total. The first-order valence-corrected chi connectivity index (χ1v) is 12.7. The molecule has 3 aliphatic heterocycles. The molecule has 178 valence electrons. The van der Waals surface area contributed by atoms with Crippen LogP contribution in [-0.2, 0) is 11.2 Å². The number of amides is 2. The van der Waals surface area contributed by atoms with Crippen LogP contribution in [0.3, 0.4) is 0 Å². The number of piperidine rings is 1. The van der Waals surface area contributed by atoms with Gasteiger partial charge in [0.25, 0.3) is 0 Å². The Bertz CT molecular complexity index is 710. The molecule has 3 heterocycles. The highest BCUT2D eigenvalue weighted by Crippen LogP contribution is 2.37. The van der Waals surface area contributed by atoms with E-state index < -0.39 is 0 Å². The topological polar surface area (TPSA) is 48.1 Å². The van der Waals surface area contributed by atoms with Crippen LogP contribution in [0.15, 0.2) is 30.3 Å². The number of carbonyl (C=O) groups excluding carboxylic acids is 1. The molecule has 1 unspecified atom stereocenters. The van der Waals surface area contributed by atoms with Gasteiger partial charge in [0.1, 0.15) is 0 Å². The summed E-state index contributed by atoms with van der Waals surface area (Å²) in [6, 6.07) is 11.0. The Labute approximate surface area is 194 Å². The number of likely N-dealkylation sites (tertiary alicyclic amines) is 1. The minimum atomic E-state index is -0.0290. The first-order valence-electron chi connectivity index (χ1n) is 12.7. The highest BCUT2D eigenvalue weighted by atomic mass is 16.5. The maximum atomic E-state index is 12.6. The van der Waals surface area contributed by atoms with Gasteiger partial charge in [-0.15, -0.1) is 0 Å². The summed E-state index contributed by atoms with van der Waals surface area (Å²) in [7, 11) is 0. The molecule has 0 radical (unpaired) electrons. The van der Waals surface area contributed by atoms with E-state index in [1.54, 1.807) is 0 Å². The van der Waals surface area contributed by atoms with E-state index >= 15 is 0 Å². The standard InChI is InChI=1S/C26H42N4O2/c1-22(2)21-28-15-17-29(18-16-28)24-9-19-32-26(20-24)10-13-30(14-11-26)25(31)27-12-8-23-6-4-3-5-7-23/h3-7,22,24H,8-21H2,1-2H3,(H,27,31). The Kier molecular flexibility index (Phi) is 8.08. The molecular formula is C26H42N4O2. The van der Waals surface area contributed by atoms with Crippen molar-refractivity contribution in [2.45, 2.75) is 57.6 Å². The smallest absolute Gasteiger partial charge is 0.317 e. The van der Waals surface area contributed by atoms with Gasteiger partial charge in [0.15, 0.2) is 0 Å². The van der Waals surface area contributed by atoms with Crippen molar-refractivity contribution in [1.82, 2.24) is 20.0 Å². The van der Waals surface area contributed by atoms with E-state index in [4.69, 9.17) is 4.74 Å². The zero-order valence-electron chi connectivity index (χ0n) is 20.1. The summed E-state index contributed by atoms with van der Waals surface area (Å²) in [6.07, 6.45) is 5.07. The average Bonchev–Trinajstić information content (AvgIpc) is 2.80. The molecule has 32 heavy (non-hydrogen) atoms. The number of nitrogens with zero attached hydrogens (tertiary/aromatic N) is 3. The van der Waals surface area contributed by atoms with Gasteiger partial charge in [-0.05, 0) is 43.6 Å². The summed E-state index contributed by atoms with van der Waals surface area (Å²) >= 11 is 0. The Hall–Kier alpha value is -1.63. The molecule has 0 bridgehead atoms. The van der Waals surface area contributed by atoms with E-state index in [1.165, 1.54) is 38.3 Å². The monoisotopic (exact) mass is 442 g/mol. The molecule has 0 aliphatic carbocycles. The van der Waals surface area contributed by atoms with E-state index in [-0.39, 0.29) is 11.6 Å². The van der Waals surface area contributed by atoms with E-state index in [0.717, 1.165) is 57.7 Å². The van der Waals surface area contributed by atoms with Gasteiger partial charge in [-0.1, -0.05) is 44.2 Å². The Balaban J connectivity index is 1.20. The summed E-state index contributed by atoms with van der Waals surface area (Å²) in [4.78, 5) is 19.9. The third-order valence-electron chi connectivity index (χ3n) is 7.51. The van der Waals surface area contributed by atoms with Crippen LogP contribution >= 0.6 is 0 Å². The van der Waals surface area contributed by atoms with Crippen LogP contribution in [0, 0.1) is 5.92 Å². The van der Waals surface area contributed by atoms with Crippen molar-refractivity contribution in [2.24, 2.45) is 5.92 Å². The van der Waals surface area contributed by atoms with Crippen molar-refractivity contribution in [3.05, 3.63) is 35.9 Å². The second kappa shape index (κ2) is 11.0. The summed E-state index contributed by atoms with van der Waals surface area (Å²) in [5.41, 5.74) is 1.23. The fourth-order valence-electron chi connectivity index (χ4n) is 5.68. The number of carbonyl (C=O) groups is 1. The minimum Gasteiger partial charge on any atom is -0.375 e. The second-order valence-electron chi connectivity index (χ2n) is 10.4. The maximum Gasteiger partial charge on any atom is 0.317 e. The lowest BCUT2D eigenvalue weighted by atomic mass is 9.81. The van der Waals surface area contributed by atoms with E-state index in [2.05, 4.69) is 41.1 Å². The highest BCUT2D eigenvalue weighted by molar-refractivity contribution is 5.74. The molecule has 1 aromatic rings. The number of rotatable bonds is 6. The molecule has 1 atom stereocenters. The van der Waals surface area contributed by atoms with Crippen LogP contribution in [0.1, 0.15) is 45.1 Å². The van der Waals surface area contributed by atoms with Crippen LogP contribution in [-0.4, -0.2) is 91.3 Å². The molecule has 0 saturated carbocycles. The third kappa shape index (κ3) is 6.24. The molecule has 3 aliphatic rings. The molecule has 1 aromatic carbocycles. The van der Waals surface area contributed by atoms with Gasteiger partial charge in [0.2, 0.25) is 0 Å². The van der Waals surface area contributed by atoms with Gasteiger partial charge in [0, 0.05) is 65.0 Å². The van der Waals surface area contributed by atoms with Gasteiger partial charge in [-0.2, -0.15) is 0 Å². The summed E-state index contributed by atoms with van der Waals surface area (Å²) < 4.78 is 6.37. The van der Waals surface area contributed by atoms with Gasteiger partial charge in [-0.3, -0.25) is 4.90 Å². The largest absolute Gasteiger partial charge is 0.375 e. The maximum absolute atomic E-state index is 12.6. The molecule has 3 saturated heterocycles. The molecular weight excluding hydrogens is 400 g/mol. The molecule has 4 rings (SSSR count). The molecule has 1 spiro atoms. The van der Waals surface area contributed by atoms with Crippen molar-refractivity contribution in [1.29, 1.82) is 0 Å². The van der Waals surface area contributed by atoms with Crippen molar-refractivity contribution >= 4 is 6.03 Å². The fraction of sp³-hybridized carbons (Fsp3) is 0.731. The summed E-state index contributed by atoms with van der Waals surface area (Å²) in [5.74, 6) is 0.744. The lowest BCUT2D eigenvalue weighted by molar-refractivity contribution is -0.132. The quantitative estimate of drug-likeness (QED) is 0.735. The van der Waals surface area contributed by atoms with Crippen LogP contribution in [0.5, 0.6) is 0 Å². The number of hydrogen-bond acceptors (Lipinski definition) is 4. The predicted octanol–water partition coefficient (Wildman–Crippen LogP) is 3.23. The number of ether oxygens (including phenoxy) is 1. The molecule has 0 aromatic heterocycles. The predicted molar refractivity (Wildman–Crippen MR) is 129 cm³/mol. The van der Waals surface area contributed by atoms with Crippen LogP contribution in [0.25, 0.3) is 0 Å².